The van der Waals surface area contributed by atoms with Crippen LogP contribution in [0.3, 0.4) is 0 Å². The van der Waals surface area contributed by atoms with Crippen LogP contribution >= 0.6 is 0 Å². The molecule has 0 saturated heterocycles. The number of nitrogens with zero attached hydrogens (tertiary/aromatic N) is 4. The van der Waals surface area contributed by atoms with E-state index >= 15 is 0 Å². The van der Waals surface area contributed by atoms with Crippen molar-refractivity contribution in [2.45, 2.75) is 26.4 Å². The number of aromatic amines is 1. The Kier molecular flexibility index (Phi) is 4.48. The van der Waals surface area contributed by atoms with E-state index in [2.05, 4.69) is 63.6 Å². The first kappa shape index (κ1) is 17.8. The van der Waals surface area contributed by atoms with Crippen molar-refractivity contribution in [1.82, 2.24) is 25.0 Å². The van der Waals surface area contributed by atoms with Gasteiger partial charge < -0.3 is 4.74 Å². The van der Waals surface area contributed by atoms with Crippen molar-refractivity contribution in [3.05, 3.63) is 64.9 Å². The molecular formula is C23H23N5O. The zero-order chi connectivity index (χ0) is 19.8. The molecule has 0 atom stereocenters. The highest BCUT2D eigenvalue weighted by molar-refractivity contribution is 5.92. The summed E-state index contributed by atoms with van der Waals surface area (Å²) in [5, 5.41) is 13.2. The molecule has 0 amide bonds. The van der Waals surface area contributed by atoms with E-state index in [1.165, 1.54) is 0 Å². The van der Waals surface area contributed by atoms with Gasteiger partial charge in [0, 0.05) is 36.5 Å². The molecular weight excluding hydrogens is 362 g/mol. The number of aromatic nitrogens is 5. The van der Waals surface area contributed by atoms with Crippen molar-refractivity contribution < 1.29 is 4.74 Å². The van der Waals surface area contributed by atoms with Crippen molar-refractivity contribution in [2.24, 2.45) is 7.05 Å². The Balaban J connectivity index is 1.66. The number of fused-ring (bicyclic) bond motifs is 4. The number of hydrogen-bond donors (Lipinski definition) is 1. The van der Waals surface area contributed by atoms with Crippen molar-refractivity contribution in [3.8, 4) is 11.1 Å². The molecule has 1 N–H and O–H groups in total. The maximum absolute atomic E-state index is 6.00. The van der Waals surface area contributed by atoms with Gasteiger partial charge in [0.1, 0.15) is 0 Å². The van der Waals surface area contributed by atoms with Crippen LogP contribution < -0.4 is 0 Å². The van der Waals surface area contributed by atoms with Crippen LogP contribution in [0.1, 0.15) is 34.6 Å². The quantitative estimate of drug-likeness (QED) is 0.490. The lowest BCUT2D eigenvalue weighted by Gasteiger charge is -2.09. The Morgan fingerprint density at radius 3 is 3.00 bits per heavy atom. The molecule has 4 aromatic rings. The lowest BCUT2D eigenvalue weighted by atomic mass is 10.0. The summed E-state index contributed by atoms with van der Waals surface area (Å²) in [5.74, 6) is 0. The number of benzene rings is 1. The molecule has 0 radical (unpaired) electrons. The molecule has 1 aliphatic rings. The van der Waals surface area contributed by atoms with E-state index in [1.807, 2.05) is 24.1 Å². The molecule has 0 fully saturated rings. The van der Waals surface area contributed by atoms with Gasteiger partial charge in [-0.05, 0) is 60.7 Å². The molecule has 6 heteroatoms. The normalized spacial score (nSPS) is 15.5. The van der Waals surface area contributed by atoms with Crippen LogP contribution in [0.2, 0.25) is 0 Å². The summed E-state index contributed by atoms with van der Waals surface area (Å²) in [7, 11) is 1.96. The predicted octanol–water partition coefficient (Wildman–Crippen LogP) is 4.30. The maximum atomic E-state index is 6.00. The average Bonchev–Trinajstić information content (AvgIpc) is 3.29. The first-order valence-electron chi connectivity index (χ1n) is 9.90. The molecule has 6 nitrogen and oxygen atoms in total. The third kappa shape index (κ3) is 3.36. The molecule has 3 aromatic heterocycles. The standard InChI is InChI=1S/C23H23N5O/c1-15-10-17-6-8-22-18-11-16(5-7-21(18)26-27-22)19-13-25-28(2)23(19)14-29-9-3-4-20(17)24-12-15/h5-8,10-13H,3-4,9,14H2,1-2H3,(H,26,27)/b8-6+. The van der Waals surface area contributed by atoms with E-state index in [-0.39, 0.29) is 0 Å². The van der Waals surface area contributed by atoms with Gasteiger partial charge in [-0.15, -0.1) is 0 Å². The number of aryl methyl sites for hydroxylation is 3. The molecule has 1 aliphatic heterocycles. The van der Waals surface area contributed by atoms with Crippen molar-refractivity contribution in [3.63, 3.8) is 0 Å². The topological polar surface area (TPSA) is 68.6 Å². The van der Waals surface area contributed by atoms with Gasteiger partial charge in [0.15, 0.2) is 0 Å². The summed E-state index contributed by atoms with van der Waals surface area (Å²) in [6, 6.07) is 8.53. The number of H-pyrrole nitrogens is 1. The summed E-state index contributed by atoms with van der Waals surface area (Å²) in [5.41, 5.74) is 8.61. The Labute approximate surface area is 169 Å². The molecule has 2 bridgehead atoms. The molecule has 0 spiro atoms. The van der Waals surface area contributed by atoms with Gasteiger partial charge >= 0.3 is 0 Å². The van der Waals surface area contributed by atoms with Crippen LogP contribution in [0.25, 0.3) is 34.2 Å². The molecule has 29 heavy (non-hydrogen) atoms. The highest BCUT2D eigenvalue weighted by atomic mass is 16.5. The zero-order valence-corrected chi connectivity index (χ0v) is 16.6. The van der Waals surface area contributed by atoms with E-state index in [1.54, 1.807) is 0 Å². The third-order valence-corrected chi connectivity index (χ3v) is 5.47. The Morgan fingerprint density at radius 1 is 1.14 bits per heavy atom. The SMILES string of the molecule is Cc1cnc2c(c1)/C=C/c1n[nH]c3ccc(cc13)-c1cnn(C)c1COCCC2. The lowest BCUT2D eigenvalue weighted by Crippen LogP contribution is -2.05. The highest BCUT2D eigenvalue weighted by Gasteiger charge is 2.14. The van der Waals surface area contributed by atoms with E-state index in [0.29, 0.717) is 13.2 Å². The summed E-state index contributed by atoms with van der Waals surface area (Å²) < 4.78 is 7.90. The second-order valence-electron chi connectivity index (χ2n) is 7.54. The van der Waals surface area contributed by atoms with Crippen molar-refractivity contribution >= 4 is 23.1 Å². The monoisotopic (exact) mass is 385 g/mol. The van der Waals surface area contributed by atoms with Crippen LogP contribution in [0.4, 0.5) is 0 Å². The van der Waals surface area contributed by atoms with Crippen molar-refractivity contribution in [2.75, 3.05) is 6.61 Å². The average molecular weight is 385 g/mol. The number of nitrogens with one attached hydrogen (secondary N) is 1. The number of rotatable bonds is 0. The fraction of sp³-hybridized carbons (Fsp3) is 0.261. The Bertz CT molecular complexity index is 1220. The minimum atomic E-state index is 0.536. The number of pyridine rings is 1. The second kappa shape index (κ2) is 7.29. The fourth-order valence-electron chi connectivity index (χ4n) is 3.86. The van der Waals surface area contributed by atoms with Gasteiger partial charge in [-0.2, -0.15) is 10.2 Å². The first-order valence-corrected chi connectivity index (χ1v) is 9.90. The summed E-state index contributed by atoms with van der Waals surface area (Å²) in [6.07, 6.45) is 9.83. The van der Waals surface area contributed by atoms with Gasteiger partial charge in [-0.1, -0.05) is 12.1 Å². The summed E-state index contributed by atoms with van der Waals surface area (Å²) in [4.78, 5) is 4.66. The van der Waals surface area contributed by atoms with Gasteiger partial charge in [0.2, 0.25) is 0 Å². The minimum absolute atomic E-state index is 0.536. The zero-order valence-electron chi connectivity index (χ0n) is 16.6. The molecule has 4 heterocycles. The van der Waals surface area contributed by atoms with E-state index in [4.69, 9.17) is 4.74 Å². The maximum Gasteiger partial charge on any atom is 0.0927 e. The second-order valence-corrected chi connectivity index (χ2v) is 7.54. The molecule has 0 saturated carbocycles. The van der Waals surface area contributed by atoms with Crippen LogP contribution in [-0.2, 0) is 24.8 Å². The van der Waals surface area contributed by atoms with Crippen molar-refractivity contribution in [1.29, 1.82) is 0 Å². The van der Waals surface area contributed by atoms with Crippen LogP contribution in [0.15, 0.2) is 36.7 Å². The smallest absolute Gasteiger partial charge is 0.0927 e. The van der Waals surface area contributed by atoms with E-state index in [9.17, 15) is 0 Å². The van der Waals surface area contributed by atoms with E-state index < -0.39 is 0 Å². The Hall–Kier alpha value is -3.25. The molecule has 1 aromatic carbocycles. The van der Waals surface area contributed by atoms with Crippen LogP contribution in [-0.4, -0.2) is 31.6 Å². The molecule has 146 valence electrons. The van der Waals surface area contributed by atoms with Crippen LogP contribution in [0.5, 0.6) is 0 Å². The van der Waals surface area contributed by atoms with Gasteiger partial charge in [-0.25, -0.2) is 0 Å². The van der Waals surface area contributed by atoms with Gasteiger partial charge in [0.05, 0.1) is 29.7 Å². The number of ether oxygens (including phenoxy) is 1. The summed E-state index contributed by atoms with van der Waals surface area (Å²) >= 11 is 0. The van der Waals surface area contributed by atoms with Gasteiger partial charge in [0.25, 0.3) is 0 Å². The highest BCUT2D eigenvalue weighted by Crippen LogP contribution is 2.29. The molecule has 5 rings (SSSR count). The predicted molar refractivity (Wildman–Crippen MR) is 114 cm³/mol. The van der Waals surface area contributed by atoms with Gasteiger partial charge in [-0.3, -0.25) is 14.8 Å². The lowest BCUT2D eigenvalue weighted by molar-refractivity contribution is 0.114. The largest absolute Gasteiger partial charge is 0.375 e. The van der Waals surface area contributed by atoms with E-state index in [0.717, 1.165) is 63.1 Å². The van der Waals surface area contributed by atoms with Crippen LogP contribution in [0, 0.1) is 6.92 Å². The summed E-state index contributed by atoms with van der Waals surface area (Å²) in [6.45, 7) is 3.29. The fourth-order valence-corrected chi connectivity index (χ4v) is 3.86. The third-order valence-electron chi connectivity index (χ3n) is 5.47. The number of hydrogen-bond acceptors (Lipinski definition) is 4. The molecule has 0 aliphatic carbocycles. The minimum Gasteiger partial charge on any atom is -0.375 e. The first-order chi connectivity index (χ1) is 14.2. The Morgan fingerprint density at radius 2 is 2.07 bits per heavy atom. The molecule has 0 unspecified atom stereocenters.